The lowest BCUT2D eigenvalue weighted by Crippen LogP contribution is -2.10. The van der Waals surface area contributed by atoms with Crippen LogP contribution >= 0.6 is 0 Å². The van der Waals surface area contributed by atoms with Gasteiger partial charge in [-0.2, -0.15) is 0 Å². The molecule has 0 aliphatic carbocycles. The van der Waals surface area contributed by atoms with Gasteiger partial charge in [-0.3, -0.25) is 4.79 Å². The number of benzene rings is 1. The summed E-state index contributed by atoms with van der Waals surface area (Å²) in [6.07, 6.45) is 1.67. The van der Waals surface area contributed by atoms with Gasteiger partial charge in [-0.15, -0.1) is 0 Å². The summed E-state index contributed by atoms with van der Waals surface area (Å²) >= 11 is 0. The highest BCUT2D eigenvalue weighted by molar-refractivity contribution is 6.11. The number of aromatic nitrogens is 1. The van der Waals surface area contributed by atoms with Crippen molar-refractivity contribution in [2.75, 3.05) is 5.73 Å². The molecule has 0 unspecified atom stereocenters. The summed E-state index contributed by atoms with van der Waals surface area (Å²) in [5.41, 5.74) is 7.03. The summed E-state index contributed by atoms with van der Waals surface area (Å²) in [6, 6.07) is 9.32. The molecule has 0 aliphatic heterocycles. The lowest BCUT2D eigenvalue weighted by Gasteiger charge is -2.06. The summed E-state index contributed by atoms with van der Waals surface area (Å²) in [4.78, 5) is 24.0. The van der Waals surface area contributed by atoms with Gasteiger partial charge in [0.2, 0.25) is 5.78 Å². The number of aromatic carboxylic acids is 1. The third-order valence-electron chi connectivity index (χ3n) is 3.81. The summed E-state index contributed by atoms with van der Waals surface area (Å²) in [6.45, 7) is 1.64. The van der Waals surface area contributed by atoms with Crippen LogP contribution in [0.1, 0.15) is 32.0 Å². The Morgan fingerprint density at radius 2 is 1.91 bits per heavy atom. The second kappa shape index (κ2) is 5.17. The molecule has 0 atom stereocenters. The van der Waals surface area contributed by atoms with Crippen LogP contribution in [0, 0.1) is 6.92 Å². The van der Waals surface area contributed by atoms with Crippen LogP contribution in [0.3, 0.4) is 0 Å². The Kier molecular flexibility index (Phi) is 3.29. The molecule has 0 amide bonds. The molecule has 6 heteroatoms. The molecular weight excluding hydrogens is 296 g/mol. The number of carboxylic acids is 1. The number of carbonyl (C=O) groups is 2. The average molecular weight is 310 g/mol. The van der Waals surface area contributed by atoms with Gasteiger partial charge in [-0.25, -0.2) is 4.79 Å². The molecule has 2 aromatic heterocycles. The van der Waals surface area contributed by atoms with Gasteiger partial charge in [0.25, 0.3) is 0 Å². The van der Waals surface area contributed by atoms with E-state index in [4.69, 9.17) is 10.8 Å². The zero-order chi connectivity index (χ0) is 16.7. The normalized spacial score (nSPS) is 10.8. The molecule has 0 aliphatic rings. The van der Waals surface area contributed by atoms with Crippen molar-refractivity contribution < 1.29 is 19.8 Å². The van der Waals surface area contributed by atoms with Gasteiger partial charge in [-0.1, -0.05) is 6.07 Å². The first kappa shape index (κ1) is 14.6. The fourth-order valence-electron chi connectivity index (χ4n) is 2.62. The first-order valence-electron chi connectivity index (χ1n) is 6.88. The zero-order valence-corrected chi connectivity index (χ0v) is 12.3. The molecule has 116 valence electrons. The van der Waals surface area contributed by atoms with Crippen molar-refractivity contribution in [1.82, 2.24) is 4.40 Å². The number of nitrogen functional groups attached to an aromatic ring is 1. The van der Waals surface area contributed by atoms with Gasteiger partial charge in [-0.05, 0) is 37.3 Å². The van der Waals surface area contributed by atoms with Crippen molar-refractivity contribution in [2.45, 2.75) is 6.92 Å². The lowest BCUT2D eigenvalue weighted by atomic mass is 10.0. The molecule has 3 rings (SSSR count). The second-order valence-corrected chi connectivity index (χ2v) is 5.21. The summed E-state index contributed by atoms with van der Waals surface area (Å²) in [7, 11) is 0. The Morgan fingerprint density at radius 1 is 1.17 bits per heavy atom. The van der Waals surface area contributed by atoms with Crippen LogP contribution in [0.4, 0.5) is 5.69 Å². The maximum Gasteiger partial charge on any atom is 0.337 e. The molecule has 6 nitrogen and oxygen atoms in total. The monoisotopic (exact) mass is 310 g/mol. The fraction of sp³-hybridized carbons (Fsp3) is 0.0588. The number of nitrogens with zero attached hydrogens (tertiary/aromatic N) is 1. The molecule has 3 aromatic rings. The number of pyridine rings is 1. The Bertz CT molecular complexity index is 957. The van der Waals surface area contributed by atoms with E-state index in [0.717, 1.165) is 0 Å². The molecule has 0 fully saturated rings. The number of rotatable bonds is 3. The van der Waals surface area contributed by atoms with E-state index in [-0.39, 0.29) is 28.3 Å². The smallest absolute Gasteiger partial charge is 0.337 e. The largest absolute Gasteiger partial charge is 0.505 e. The molecule has 23 heavy (non-hydrogen) atoms. The van der Waals surface area contributed by atoms with E-state index in [1.807, 2.05) is 0 Å². The highest BCUT2D eigenvalue weighted by Gasteiger charge is 2.22. The van der Waals surface area contributed by atoms with E-state index in [2.05, 4.69) is 0 Å². The third-order valence-corrected chi connectivity index (χ3v) is 3.81. The molecule has 0 saturated carbocycles. The number of hydrogen-bond acceptors (Lipinski definition) is 4. The molecule has 0 spiro atoms. The van der Waals surface area contributed by atoms with Gasteiger partial charge >= 0.3 is 5.97 Å². The van der Waals surface area contributed by atoms with E-state index in [1.54, 1.807) is 35.7 Å². The van der Waals surface area contributed by atoms with Crippen molar-refractivity contribution >= 4 is 23.0 Å². The summed E-state index contributed by atoms with van der Waals surface area (Å²) in [5, 5.41) is 19.3. The van der Waals surface area contributed by atoms with Gasteiger partial charge in [0.15, 0.2) is 0 Å². The van der Waals surface area contributed by atoms with Crippen molar-refractivity contribution in [3.05, 3.63) is 65.0 Å². The predicted octanol–water partition coefficient (Wildman–Crippen LogP) is 2.46. The van der Waals surface area contributed by atoms with Gasteiger partial charge in [0.1, 0.15) is 11.4 Å². The number of aromatic hydroxyl groups is 1. The Labute approximate surface area is 131 Å². The van der Waals surface area contributed by atoms with Crippen molar-refractivity contribution in [3.8, 4) is 5.75 Å². The van der Waals surface area contributed by atoms with E-state index in [9.17, 15) is 14.7 Å². The maximum atomic E-state index is 12.8. The number of fused-ring (bicyclic) bond motifs is 1. The number of carboxylic acid groups (broad SMARTS) is 1. The topological polar surface area (TPSA) is 105 Å². The second-order valence-electron chi connectivity index (χ2n) is 5.21. The van der Waals surface area contributed by atoms with Crippen LogP contribution in [0.25, 0.3) is 5.52 Å². The van der Waals surface area contributed by atoms with Crippen LogP contribution < -0.4 is 5.73 Å². The number of nitrogens with two attached hydrogens (primary N) is 1. The van der Waals surface area contributed by atoms with Crippen molar-refractivity contribution in [1.29, 1.82) is 0 Å². The van der Waals surface area contributed by atoms with Crippen molar-refractivity contribution in [3.63, 3.8) is 0 Å². The molecule has 4 N–H and O–H groups in total. The van der Waals surface area contributed by atoms with E-state index < -0.39 is 5.97 Å². The molecule has 0 radical (unpaired) electrons. The van der Waals surface area contributed by atoms with Crippen LogP contribution in [0.15, 0.2) is 42.6 Å². The number of hydrogen-bond donors (Lipinski definition) is 3. The van der Waals surface area contributed by atoms with Gasteiger partial charge in [0.05, 0.1) is 11.1 Å². The number of ketones is 1. The van der Waals surface area contributed by atoms with Crippen LogP contribution in [0.2, 0.25) is 0 Å². The van der Waals surface area contributed by atoms with Gasteiger partial charge < -0.3 is 20.3 Å². The standard InChI is InChI=1S/C17H14N2O4/c1-9-14(19-7-3-2-4-13(19)15(9)20)16(21)10-5-6-12(18)11(8-10)17(22)23/h2-8,20H,18H2,1H3,(H,22,23). The molecular formula is C17H14N2O4. The fourth-order valence-corrected chi connectivity index (χ4v) is 2.62. The predicted molar refractivity (Wildman–Crippen MR) is 85.0 cm³/mol. The van der Waals surface area contributed by atoms with E-state index in [1.165, 1.54) is 18.2 Å². The highest BCUT2D eigenvalue weighted by atomic mass is 16.4. The first-order valence-corrected chi connectivity index (χ1v) is 6.88. The Hall–Kier alpha value is -3.28. The average Bonchev–Trinajstić information content (AvgIpc) is 2.79. The maximum absolute atomic E-state index is 12.8. The van der Waals surface area contributed by atoms with Crippen molar-refractivity contribution in [2.24, 2.45) is 0 Å². The Morgan fingerprint density at radius 3 is 2.61 bits per heavy atom. The van der Waals surface area contributed by atoms with Gasteiger partial charge in [0, 0.05) is 23.0 Å². The SMILES string of the molecule is Cc1c(O)c2ccccn2c1C(=O)c1ccc(N)c(C(=O)O)c1. The van der Waals surface area contributed by atoms with E-state index in [0.29, 0.717) is 16.8 Å². The first-order chi connectivity index (χ1) is 10.9. The molecule has 0 bridgehead atoms. The van der Waals surface area contributed by atoms with Crippen LogP contribution in [0.5, 0.6) is 5.75 Å². The minimum atomic E-state index is -1.20. The molecule has 2 heterocycles. The number of carbonyl (C=O) groups excluding carboxylic acids is 1. The van der Waals surface area contributed by atoms with Crippen LogP contribution in [-0.2, 0) is 0 Å². The minimum Gasteiger partial charge on any atom is -0.505 e. The minimum absolute atomic E-state index is 0.0304. The summed E-state index contributed by atoms with van der Waals surface area (Å²) < 4.78 is 1.59. The summed E-state index contributed by atoms with van der Waals surface area (Å²) in [5.74, 6) is -1.55. The zero-order valence-electron chi connectivity index (χ0n) is 12.3. The number of anilines is 1. The molecule has 0 saturated heterocycles. The molecule has 1 aromatic carbocycles. The van der Waals surface area contributed by atoms with Crippen LogP contribution in [-0.4, -0.2) is 26.4 Å². The Balaban J connectivity index is 2.21. The quantitative estimate of drug-likeness (QED) is 0.509. The lowest BCUT2D eigenvalue weighted by molar-refractivity contribution is 0.0698. The third kappa shape index (κ3) is 2.20. The van der Waals surface area contributed by atoms with E-state index >= 15 is 0 Å². The highest BCUT2D eigenvalue weighted by Crippen LogP contribution is 2.31.